The zero-order valence-electron chi connectivity index (χ0n) is 12.5. The van der Waals surface area contributed by atoms with Crippen LogP contribution >= 0.6 is 0 Å². The molecule has 1 heterocycles. The van der Waals surface area contributed by atoms with Gasteiger partial charge in [0, 0.05) is 25.8 Å². The molecule has 0 spiro atoms. The SMILES string of the molecule is CNC(=O)C1(C(=O)N2CCN(c3ccccc3)C(=O)C2)CC1. The van der Waals surface area contributed by atoms with E-state index >= 15 is 0 Å². The normalized spacial score (nSPS) is 19.8. The molecular formula is C16H19N3O3. The second-order valence-electron chi connectivity index (χ2n) is 5.77. The average Bonchev–Trinajstić information content (AvgIpc) is 3.36. The van der Waals surface area contributed by atoms with E-state index in [1.54, 1.807) is 4.90 Å². The molecule has 1 aromatic carbocycles. The Morgan fingerprint density at radius 3 is 2.36 bits per heavy atom. The number of hydrogen-bond acceptors (Lipinski definition) is 3. The van der Waals surface area contributed by atoms with Crippen molar-refractivity contribution in [3.05, 3.63) is 30.3 Å². The van der Waals surface area contributed by atoms with Crippen molar-refractivity contribution >= 4 is 23.4 Å². The lowest BCUT2D eigenvalue weighted by Gasteiger charge is -2.35. The van der Waals surface area contributed by atoms with E-state index < -0.39 is 5.41 Å². The molecule has 0 unspecified atom stereocenters. The summed E-state index contributed by atoms with van der Waals surface area (Å²) in [6.07, 6.45) is 1.14. The van der Waals surface area contributed by atoms with Gasteiger partial charge in [0.05, 0.1) is 0 Å². The summed E-state index contributed by atoms with van der Waals surface area (Å²) < 4.78 is 0. The van der Waals surface area contributed by atoms with Crippen molar-refractivity contribution in [2.75, 3.05) is 31.6 Å². The van der Waals surface area contributed by atoms with Crippen molar-refractivity contribution in [1.82, 2.24) is 10.2 Å². The Bertz CT molecular complexity index is 610. The third-order valence-electron chi connectivity index (χ3n) is 4.40. The average molecular weight is 301 g/mol. The third kappa shape index (κ3) is 2.34. The molecule has 0 atom stereocenters. The molecule has 6 heteroatoms. The number of rotatable bonds is 3. The van der Waals surface area contributed by atoms with E-state index in [-0.39, 0.29) is 24.3 Å². The molecule has 116 valence electrons. The van der Waals surface area contributed by atoms with Crippen LogP contribution in [-0.2, 0) is 14.4 Å². The maximum Gasteiger partial charge on any atom is 0.246 e. The predicted octanol–water partition coefficient (Wildman–Crippen LogP) is 0.388. The summed E-state index contributed by atoms with van der Waals surface area (Å²) in [5.41, 5.74) is -0.0868. The number of para-hydroxylation sites is 1. The number of anilines is 1. The Balaban J connectivity index is 1.70. The topological polar surface area (TPSA) is 69.7 Å². The highest BCUT2D eigenvalue weighted by Gasteiger charge is 2.58. The minimum absolute atomic E-state index is 0.0342. The van der Waals surface area contributed by atoms with Crippen LogP contribution in [0.3, 0.4) is 0 Å². The molecule has 1 aliphatic heterocycles. The van der Waals surface area contributed by atoms with Crippen LogP contribution in [0, 0.1) is 5.41 Å². The molecule has 1 N–H and O–H groups in total. The largest absolute Gasteiger partial charge is 0.358 e. The maximum absolute atomic E-state index is 12.6. The van der Waals surface area contributed by atoms with E-state index in [0.717, 1.165) is 5.69 Å². The Kier molecular flexibility index (Phi) is 3.60. The van der Waals surface area contributed by atoms with Gasteiger partial charge in [0.1, 0.15) is 12.0 Å². The van der Waals surface area contributed by atoms with Crippen molar-refractivity contribution in [2.24, 2.45) is 5.41 Å². The molecule has 0 aromatic heterocycles. The first-order chi connectivity index (χ1) is 10.6. The van der Waals surface area contributed by atoms with Gasteiger partial charge in [0.2, 0.25) is 17.7 Å². The number of carbonyl (C=O) groups is 3. The lowest BCUT2D eigenvalue weighted by molar-refractivity contribution is -0.146. The first kappa shape index (κ1) is 14.6. The van der Waals surface area contributed by atoms with E-state index in [2.05, 4.69) is 5.32 Å². The van der Waals surface area contributed by atoms with Gasteiger partial charge < -0.3 is 15.1 Å². The molecule has 0 bridgehead atoms. The van der Waals surface area contributed by atoms with Gasteiger partial charge in [-0.2, -0.15) is 0 Å². The van der Waals surface area contributed by atoms with Crippen LogP contribution in [-0.4, -0.2) is 49.3 Å². The smallest absolute Gasteiger partial charge is 0.246 e. The molecule has 6 nitrogen and oxygen atoms in total. The second-order valence-corrected chi connectivity index (χ2v) is 5.77. The molecule has 1 aliphatic carbocycles. The molecule has 3 rings (SSSR count). The van der Waals surface area contributed by atoms with Gasteiger partial charge >= 0.3 is 0 Å². The number of hydrogen-bond donors (Lipinski definition) is 1. The van der Waals surface area contributed by atoms with Crippen LogP contribution in [0.5, 0.6) is 0 Å². The van der Waals surface area contributed by atoms with Crippen LogP contribution in [0.25, 0.3) is 0 Å². The number of benzene rings is 1. The van der Waals surface area contributed by atoms with Crippen molar-refractivity contribution in [1.29, 1.82) is 0 Å². The van der Waals surface area contributed by atoms with Gasteiger partial charge in [0.25, 0.3) is 0 Å². The first-order valence-corrected chi connectivity index (χ1v) is 7.45. The van der Waals surface area contributed by atoms with Gasteiger partial charge in [-0.1, -0.05) is 18.2 Å². The molecule has 2 aliphatic rings. The Morgan fingerprint density at radius 2 is 1.82 bits per heavy atom. The van der Waals surface area contributed by atoms with Crippen LogP contribution < -0.4 is 10.2 Å². The van der Waals surface area contributed by atoms with Gasteiger partial charge in [-0.25, -0.2) is 0 Å². The van der Waals surface area contributed by atoms with E-state index in [4.69, 9.17) is 0 Å². The lowest BCUT2D eigenvalue weighted by Crippen LogP contribution is -2.55. The fourth-order valence-corrected chi connectivity index (χ4v) is 2.93. The van der Waals surface area contributed by atoms with Crippen molar-refractivity contribution < 1.29 is 14.4 Å². The van der Waals surface area contributed by atoms with Crippen LogP contribution in [0.15, 0.2) is 30.3 Å². The van der Waals surface area contributed by atoms with Gasteiger partial charge in [-0.3, -0.25) is 14.4 Å². The van der Waals surface area contributed by atoms with Crippen molar-refractivity contribution in [2.45, 2.75) is 12.8 Å². The summed E-state index contributed by atoms with van der Waals surface area (Å²) >= 11 is 0. The van der Waals surface area contributed by atoms with Gasteiger partial charge in [0.15, 0.2) is 0 Å². The molecular weight excluding hydrogens is 282 g/mol. The number of amides is 3. The zero-order valence-corrected chi connectivity index (χ0v) is 12.5. The van der Waals surface area contributed by atoms with Crippen LogP contribution in [0.4, 0.5) is 5.69 Å². The molecule has 0 radical (unpaired) electrons. The van der Waals surface area contributed by atoms with E-state index in [1.165, 1.54) is 11.9 Å². The zero-order chi connectivity index (χ0) is 15.7. The first-order valence-electron chi connectivity index (χ1n) is 7.45. The molecule has 3 amide bonds. The molecule has 1 saturated heterocycles. The van der Waals surface area contributed by atoms with Crippen LogP contribution in [0.2, 0.25) is 0 Å². The number of nitrogens with one attached hydrogen (secondary N) is 1. The summed E-state index contributed by atoms with van der Waals surface area (Å²) in [4.78, 5) is 40.0. The number of nitrogens with zero attached hydrogens (tertiary/aromatic N) is 2. The fourth-order valence-electron chi connectivity index (χ4n) is 2.93. The Morgan fingerprint density at radius 1 is 1.14 bits per heavy atom. The summed E-state index contributed by atoms with van der Waals surface area (Å²) in [5.74, 6) is -0.568. The Labute approximate surface area is 129 Å². The monoisotopic (exact) mass is 301 g/mol. The predicted molar refractivity (Wildman–Crippen MR) is 81.1 cm³/mol. The highest BCUT2D eigenvalue weighted by atomic mass is 16.2. The number of carbonyl (C=O) groups excluding carboxylic acids is 3. The molecule has 1 saturated carbocycles. The molecule has 1 aromatic rings. The van der Waals surface area contributed by atoms with E-state index in [1.807, 2.05) is 30.3 Å². The maximum atomic E-state index is 12.6. The standard InChI is InChI=1S/C16H19N3O3/c1-17-14(21)16(7-8-16)15(22)18-9-10-19(13(20)11-18)12-5-3-2-4-6-12/h2-6H,7-11H2,1H3,(H,17,21). The quantitative estimate of drug-likeness (QED) is 0.821. The summed E-state index contributed by atoms with van der Waals surface area (Å²) in [6, 6.07) is 9.41. The fraction of sp³-hybridized carbons (Fsp3) is 0.438. The summed E-state index contributed by atoms with van der Waals surface area (Å²) in [5, 5.41) is 2.55. The number of piperazine rings is 1. The second kappa shape index (κ2) is 5.44. The van der Waals surface area contributed by atoms with Crippen molar-refractivity contribution in [3.8, 4) is 0 Å². The highest BCUT2D eigenvalue weighted by molar-refractivity contribution is 6.09. The summed E-state index contributed by atoms with van der Waals surface area (Å²) in [7, 11) is 1.54. The van der Waals surface area contributed by atoms with Gasteiger partial charge in [-0.15, -0.1) is 0 Å². The third-order valence-corrected chi connectivity index (χ3v) is 4.40. The molecule has 22 heavy (non-hydrogen) atoms. The van der Waals surface area contributed by atoms with E-state index in [0.29, 0.717) is 25.9 Å². The lowest BCUT2D eigenvalue weighted by atomic mass is 10.0. The minimum Gasteiger partial charge on any atom is -0.358 e. The summed E-state index contributed by atoms with van der Waals surface area (Å²) in [6.45, 7) is 0.948. The van der Waals surface area contributed by atoms with E-state index in [9.17, 15) is 14.4 Å². The molecule has 2 fully saturated rings. The van der Waals surface area contributed by atoms with Crippen LogP contribution in [0.1, 0.15) is 12.8 Å². The Hall–Kier alpha value is -2.37. The highest BCUT2D eigenvalue weighted by Crippen LogP contribution is 2.47. The van der Waals surface area contributed by atoms with Gasteiger partial charge in [-0.05, 0) is 25.0 Å². The van der Waals surface area contributed by atoms with Crippen molar-refractivity contribution in [3.63, 3.8) is 0 Å². The minimum atomic E-state index is -0.927.